The number of rotatable bonds is 3. The summed E-state index contributed by atoms with van der Waals surface area (Å²) in [4.78, 5) is 0. The quantitative estimate of drug-likeness (QED) is 0.532. The maximum absolute atomic E-state index is 13.1. The summed E-state index contributed by atoms with van der Waals surface area (Å²) in [6, 6.07) is 14.3. The summed E-state index contributed by atoms with van der Waals surface area (Å²) in [5.74, 6) is 0.572. The zero-order valence-electron chi connectivity index (χ0n) is 12.2. The van der Waals surface area contributed by atoms with Crippen molar-refractivity contribution in [3.05, 3.63) is 54.3 Å². The van der Waals surface area contributed by atoms with Gasteiger partial charge in [0, 0.05) is 11.1 Å². The van der Waals surface area contributed by atoms with Crippen molar-refractivity contribution in [3.63, 3.8) is 0 Å². The molecule has 1 aromatic heterocycles. The van der Waals surface area contributed by atoms with Crippen LogP contribution in [0.25, 0.3) is 21.8 Å². The van der Waals surface area contributed by atoms with E-state index in [0.717, 1.165) is 31.8 Å². The van der Waals surface area contributed by atoms with Gasteiger partial charge in [-0.1, -0.05) is 0 Å². The molecule has 0 radical (unpaired) electrons. The first-order valence-corrected chi connectivity index (χ1v) is 7.93. The van der Waals surface area contributed by atoms with Crippen LogP contribution in [-0.4, -0.2) is 7.11 Å². The second kappa shape index (κ2) is 6.02. The average molecular weight is 331 g/mol. The second-order valence-corrected chi connectivity index (χ2v) is 6.50. The van der Waals surface area contributed by atoms with Gasteiger partial charge in [-0.05, 0) is 52.7 Å². The van der Waals surface area contributed by atoms with Crippen LogP contribution in [0.5, 0.6) is 5.75 Å². The Balaban J connectivity index is 2.07. The van der Waals surface area contributed by atoms with E-state index in [2.05, 4.69) is 4.57 Å². The monoisotopic (exact) mass is 331 g/mol. The number of methoxy groups -OCH3 is 1. The molecule has 0 atom stereocenters. The molecule has 0 amide bonds. The van der Waals surface area contributed by atoms with Gasteiger partial charge >= 0.3 is 0 Å². The molecule has 5 heteroatoms. The zero-order valence-corrected chi connectivity index (χ0v) is 13.8. The van der Waals surface area contributed by atoms with Gasteiger partial charge in [0.15, 0.2) is 5.01 Å². The molecule has 0 saturated carbocycles. The van der Waals surface area contributed by atoms with Crippen molar-refractivity contribution in [2.45, 2.75) is 4.21 Å². The van der Waals surface area contributed by atoms with Crippen molar-refractivity contribution in [2.24, 2.45) is 7.05 Å². The van der Waals surface area contributed by atoms with Crippen molar-refractivity contribution in [3.8, 4) is 27.6 Å². The topological polar surface area (TPSA) is 13.1 Å². The molecule has 3 aromatic rings. The SMILES string of the molecule is COc1ccc(-c2sc([S-])c(-c3ccc(F)cc3)[n+]2C)cc1. The normalized spacial score (nSPS) is 10.7. The third-order valence-electron chi connectivity index (χ3n) is 3.48. The molecule has 2 aromatic carbocycles. The fraction of sp³-hybridized carbons (Fsp3) is 0.118. The summed E-state index contributed by atoms with van der Waals surface area (Å²) in [6.45, 7) is 0. The van der Waals surface area contributed by atoms with E-state index in [4.69, 9.17) is 17.4 Å². The molecule has 0 bridgehead atoms. The molecule has 0 aliphatic rings. The summed E-state index contributed by atoms with van der Waals surface area (Å²) < 4.78 is 21.1. The van der Waals surface area contributed by atoms with Crippen LogP contribution in [0.15, 0.2) is 52.7 Å². The maximum atomic E-state index is 13.1. The minimum Gasteiger partial charge on any atom is -0.497 e. The summed E-state index contributed by atoms with van der Waals surface area (Å²) >= 11 is 7.05. The van der Waals surface area contributed by atoms with E-state index >= 15 is 0 Å². The summed E-state index contributed by atoms with van der Waals surface area (Å²) in [7, 11) is 3.62. The lowest BCUT2D eigenvalue weighted by atomic mass is 10.1. The van der Waals surface area contributed by atoms with Crippen molar-refractivity contribution in [1.29, 1.82) is 0 Å². The van der Waals surface area contributed by atoms with Crippen LogP contribution in [0.4, 0.5) is 4.39 Å². The Morgan fingerprint density at radius 2 is 1.59 bits per heavy atom. The van der Waals surface area contributed by atoms with Gasteiger partial charge in [0.25, 0.3) is 0 Å². The van der Waals surface area contributed by atoms with Gasteiger partial charge in [0.1, 0.15) is 18.6 Å². The fourth-order valence-corrected chi connectivity index (χ4v) is 3.85. The highest BCUT2D eigenvalue weighted by Crippen LogP contribution is 2.32. The second-order valence-electron chi connectivity index (χ2n) is 4.84. The van der Waals surface area contributed by atoms with Crippen LogP contribution in [0.2, 0.25) is 0 Å². The van der Waals surface area contributed by atoms with Gasteiger partial charge in [-0.25, -0.2) is 8.96 Å². The molecule has 0 unspecified atom stereocenters. The molecular formula is C17H14FNOS2. The van der Waals surface area contributed by atoms with E-state index in [-0.39, 0.29) is 5.82 Å². The zero-order chi connectivity index (χ0) is 15.7. The van der Waals surface area contributed by atoms with Crippen molar-refractivity contribution in [1.82, 2.24) is 0 Å². The molecule has 0 spiro atoms. The molecule has 0 aliphatic carbocycles. The highest BCUT2D eigenvalue weighted by Gasteiger charge is 2.18. The lowest BCUT2D eigenvalue weighted by Gasteiger charge is -2.03. The number of ether oxygens (including phenoxy) is 1. The van der Waals surface area contributed by atoms with Crippen LogP contribution < -0.4 is 9.30 Å². The smallest absolute Gasteiger partial charge is 0.200 e. The molecule has 0 saturated heterocycles. The number of benzene rings is 2. The Morgan fingerprint density at radius 3 is 2.18 bits per heavy atom. The van der Waals surface area contributed by atoms with Crippen LogP contribution in [0, 0.1) is 5.82 Å². The summed E-state index contributed by atoms with van der Waals surface area (Å²) in [5, 5.41) is 1.06. The molecule has 0 N–H and O–H groups in total. The number of halogens is 1. The maximum Gasteiger partial charge on any atom is 0.200 e. The van der Waals surface area contributed by atoms with Gasteiger partial charge in [0.2, 0.25) is 5.69 Å². The van der Waals surface area contributed by atoms with Crippen molar-refractivity contribution >= 4 is 24.0 Å². The van der Waals surface area contributed by atoms with Crippen LogP contribution in [-0.2, 0) is 19.7 Å². The van der Waals surface area contributed by atoms with Gasteiger partial charge in [-0.3, -0.25) is 11.3 Å². The Labute approximate surface area is 138 Å². The van der Waals surface area contributed by atoms with Crippen LogP contribution in [0.1, 0.15) is 0 Å². The van der Waals surface area contributed by atoms with E-state index in [0.29, 0.717) is 0 Å². The fourth-order valence-electron chi connectivity index (χ4n) is 2.35. The van der Waals surface area contributed by atoms with Crippen molar-refractivity contribution in [2.75, 3.05) is 7.11 Å². The number of hydrogen-bond acceptors (Lipinski definition) is 3. The average Bonchev–Trinajstić information content (AvgIpc) is 2.83. The summed E-state index contributed by atoms with van der Waals surface area (Å²) in [6.07, 6.45) is 0. The lowest BCUT2D eigenvalue weighted by molar-refractivity contribution is -0.646. The first kappa shape index (κ1) is 14.9. The molecular weight excluding hydrogens is 317 g/mol. The van der Waals surface area contributed by atoms with Gasteiger partial charge in [-0.15, -0.1) is 0 Å². The number of nitrogens with zero attached hydrogens (tertiary/aromatic N) is 1. The minimum absolute atomic E-state index is 0.247. The molecule has 112 valence electrons. The standard InChI is InChI=1S/C17H14FNOS2/c1-19-15(11-3-7-13(18)8-4-11)17(21)22-16(19)12-5-9-14(20-2)10-6-12/h3-10H,1-2H3. The van der Waals surface area contributed by atoms with Crippen LogP contribution in [0.3, 0.4) is 0 Å². The predicted octanol–water partition coefficient (Wildman–Crippen LogP) is 3.96. The highest BCUT2D eigenvalue weighted by molar-refractivity contribution is 7.63. The minimum atomic E-state index is -0.247. The number of aromatic nitrogens is 1. The Bertz CT molecular complexity index is 795. The third-order valence-corrected chi connectivity index (χ3v) is 5.00. The molecule has 1 heterocycles. The van der Waals surface area contributed by atoms with E-state index in [1.165, 1.54) is 12.1 Å². The lowest BCUT2D eigenvalue weighted by Crippen LogP contribution is -2.30. The van der Waals surface area contributed by atoms with Crippen LogP contribution >= 0.6 is 11.3 Å². The van der Waals surface area contributed by atoms with Gasteiger partial charge in [0.05, 0.1) is 7.11 Å². The number of thiazole rings is 1. The first-order valence-electron chi connectivity index (χ1n) is 6.70. The van der Waals surface area contributed by atoms with Gasteiger partial charge < -0.3 is 17.4 Å². The highest BCUT2D eigenvalue weighted by atomic mass is 32.2. The molecule has 0 aliphatic heterocycles. The molecule has 3 rings (SSSR count). The first-order chi connectivity index (χ1) is 10.6. The largest absolute Gasteiger partial charge is 0.497 e. The van der Waals surface area contributed by atoms with E-state index in [1.54, 1.807) is 30.6 Å². The Hall–Kier alpha value is -1.98. The summed E-state index contributed by atoms with van der Waals surface area (Å²) in [5.41, 5.74) is 2.93. The predicted molar refractivity (Wildman–Crippen MR) is 88.5 cm³/mol. The Morgan fingerprint density at radius 1 is 1.00 bits per heavy atom. The molecule has 2 nitrogen and oxygen atoms in total. The molecule has 0 fully saturated rings. The molecule has 22 heavy (non-hydrogen) atoms. The van der Waals surface area contributed by atoms with Crippen molar-refractivity contribution < 1.29 is 13.7 Å². The number of hydrogen-bond donors (Lipinski definition) is 0. The van der Waals surface area contributed by atoms with E-state index in [1.807, 2.05) is 31.3 Å². The van der Waals surface area contributed by atoms with Gasteiger partial charge in [-0.2, -0.15) is 0 Å². The van der Waals surface area contributed by atoms with E-state index in [9.17, 15) is 4.39 Å². The third kappa shape index (κ3) is 2.69. The van der Waals surface area contributed by atoms with E-state index < -0.39 is 0 Å². The Kier molecular flexibility index (Phi) is 4.09.